The summed E-state index contributed by atoms with van der Waals surface area (Å²) in [5.41, 5.74) is 7.17. The molecule has 0 atom stereocenters. The van der Waals surface area contributed by atoms with Crippen LogP contribution >= 0.6 is 0 Å². The van der Waals surface area contributed by atoms with E-state index in [0.29, 0.717) is 6.54 Å². The van der Waals surface area contributed by atoms with E-state index < -0.39 is 0 Å². The van der Waals surface area contributed by atoms with Gasteiger partial charge in [-0.15, -0.1) is 0 Å². The van der Waals surface area contributed by atoms with Gasteiger partial charge in [0.05, 0.1) is 30.1 Å². The van der Waals surface area contributed by atoms with Gasteiger partial charge in [-0.3, -0.25) is 0 Å². The highest BCUT2D eigenvalue weighted by Gasteiger charge is 1.98. The standard InChI is InChI=1S/C8H9N5/c9-1-7-4-13(6-12-7)8-2-10-5-11-3-8/h2-6H,1,9H2. The number of hydrogen-bond acceptors (Lipinski definition) is 4. The van der Waals surface area contributed by atoms with E-state index in [9.17, 15) is 0 Å². The van der Waals surface area contributed by atoms with E-state index in [0.717, 1.165) is 11.4 Å². The van der Waals surface area contributed by atoms with Crippen molar-refractivity contribution in [3.63, 3.8) is 0 Å². The van der Waals surface area contributed by atoms with Crippen LogP contribution in [0.1, 0.15) is 5.69 Å². The third-order valence-corrected chi connectivity index (χ3v) is 1.69. The molecule has 0 aliphatic carbocycles. The summed E-state index contributed by atoms with van der Waals surface area (Å²) in [6.45, 7) is 0.445. The second kappa shape index (κ2) is 3.32. The Balaban J connectivity index is 2.36. The molecule has 2 N–H and O–H groups in total. The molecule has 2 aromatic heterocycles. The SMILES string of the molecule is NCc1cn(-c2cncnc2)cn1. The average Bonchev–Trinajstić information content (AvgIpc) is 2.67. The molecule has 66 valence electrons. The Kier molecular flexibility index (Phi) is 2.01. The summed E-state index contributed by atoms with van der Waals surface area (Å²) in [4.78, 5) is 11.9. The zero-order chi connectivity index (χ0) is 9.10. The second-order valence-electron chi connectivity index (χ2n) is 2.57. The molecule has 5 nitrogen and oxygen atoms in total. The Labute approximate surface area is 75.3 Å². The van der Waals surface area contributed by atoms with Gasteiger partial charge in [0, 0.05) is 12.7 Å². The molecule has 2 heterocycles. The third kappa shape index (κ3) is 1.54. The van der Waals surface area contributed by atoms with Crippen LogP contribution in [-0.4, -0.2) is 19.5 Å². The van der Waals surface area contributed by atoms with Crippen molar-refractivity contribution in [3.8, 4) is 5.69 Å². The molecule has 0 saturated heterocycles. The van der Waals surface area contributed by atoms with Crippen LogP contribution in [0.15, 0.2) is 31.2 Å². The molecule has 0 saturated carbocycles. The number of rotatable bonds is 2. The first kappa shape index (κ1) is 7.88. The fourth-order valence-electron chi connectivity index (χ4n) is 1.03. The van der Waals surface area contributed by atoms with E-state index in [1.54, 1.807) is 18.7 Å². The monoisotopic (exact) mass is 175 g/mol. The Hall–Kier alpha value is -1.75. The van der Waals surface area contributed by atoms with Gasteiger partial charge >= 0.3 is 0 Å². The number of imidazole rings is 1. The zero-order valence-electron chi connectivity index (χ0n) is 6.96. The summed E-state index contributed by atoms with van der Waals surface area (Å²) in [5.74, 6) is 0. The van der Waals surface area contributed by atoms with Crippen molar-refractivity contribution < 1.29 is 0 Å². The Morgan fingerprint density at radius 3 is 2.69 bits per heavy atom. The van der Waals surface area contributed by atoms with Crippen molar-refractivity contribution in [2.75, 3.05) is 0 Å². The topological polar surface area (TPSA) is 69.6 Å². The Morgan fingerprint density at radius 2 is 2.08 bits per heavy atom. The number of nitrogens with zero attached hydrogens (tertiary/aromatic N) is 4. The van der Waals surface area contributed by atoms with Gasteiger partial charge in [-0.2, -0.15) is 0 Å². The predicted octanol–water partition coefficient (Wildman–Crippen LogP) is 0.121. The summed E-state index contributed by atoms with van der Waals surface area (Å²) >= 11 is 0. The molecule has 0 aromatic carbocycles. The summed E-state index contributed by atoms with van der Waals surface area (Å²) in [7, 11) is 0. The summed E-state index contributed by atoms with van der Waals surface area (Å²) in [6.07, 6.45) is 8.48. The molecular weight excluding hydrogens is 166 g/mol. The minimum absolute atomic E-state index is 0.445. The zero-order valence-corrected chi connectivity index (χ0v) is 6.96. The number of aromatic nitrogens is 4. The summed E-state index contributed by atoms with van der Waals surface area (Å²) < 4.78 is 1.84. The maximum absolute atomic E-state index is 5.43. The lowest BCUT2D eigenvalue weighted by Gasteiger charge is -1.97. The van der Waals surface area contributed by atoms with Crippen LogP contribution in [0.25, 0.3) is 5.69 Å². The highest BCUT2D eigenvalue weighted by atomic mass is 15.1. The predicted molar refractivity (Wildman–Crippen MR) is 47.0 cm³/mol. The van der Waals surface area contributed by atoms with Crippen LogP contribution in [-0.2, 0) is 6.54 Å². The molecule has 13 heavy (non-hydrogen) atoms. The van der Waals surface area contributed by atoms with Gasteiger partial charge < -0.3 is 10.3 Å². The van der Waals surface area contributed by atoms with Gasteiger partial charge in [0.1, 0.15) is 6.33 Å². The smallest absolute Gasteiger partial charge is 0.115 e. The molecule has 0 aliphatic heterocycles. The lowest BCUT2D eigenvalue weighted by molar-refractivity contribution is 1.00. The number of hydrogen-bond donors (Lipinski definition) is 1. The van der Waals surface area contributed by atoms with Gasteiger partial charge in [-0.05, 0) is 0 Å². The van der Waals surface area contributed by atoms with Crippen molar-refractivity contribution in [2.24, 2.45) is 5.73 Å². The van der Waals surface area contributed by atoms with Crippen molar-refractivity contribution in [2.45, 2.75) is 6.54 Å². The van der Waals surface area contributed by atoms with Crippen LogP contribution in [0.2, 0.25) is 0 Å². The van der Waals surface area contributed by atoms with Gasteiger partial charge in [-0.1, -0.05) is 0 Å². The molecule has 2 rings (SSSR count). The molecule has 0 bridgehead atoms. The van der Waals surface area contributed by atoms with E-state index in [-0.39, 0.29) is 0 Å². The van der Waals surface area contributed by atoms with E-state index in [1.807, 2.05) is 10.8 Å². The molecule has 5 heteroatoms. The van der Waals surface area contributed by atoms with Crippen molar-refractivity contribution in [1.82, 2.24) is 19.5 Å². The minimum atomic E-state index is 0.445. The molecular formula is C8H9N5. The molecule has 0 amide bonds. The number of nitrogens with two attached hydrogens (primary N) is 1. The third-order valence-electron chi connectivity index (χ3n) is 1.69. The lowest BCUT2D eigenvalue weighted by atomic mass is 10.5. The van der Waals surface area contributed by atoms with Crippen LogP contribution in [0.5, 0.6) is 0 Å². The van der Waals surface area contributed by atoms with Gasteiger partial charge in [0.15, 0.2) is 0 Å². The van der Waals surface area contributed by atoms with Crippen molar-refractivity contribution in [3.05, 3.63) is 36.9 Å². The van der Waals surface area contributed by atoms with E-state index in [2.05, 4.69) is 15.0 Å². The maximum atomic E-state index is 5.43. The lowest BCUT2D eigenvalue weighted by Crippen LogP contribution is -1.96. The molecule has 0 unspecified atom stereocenters. The van der Waals surface area contributed by atoms with E-state index >= 15 is 0 Å². The molecule has 0 fully saturated rings. The molecule has 0 spiro atoms. The average molecular weight is 175 g/mol. The van der Waals surface area contributed by atoms with Crippen molar-refractivity contribution >= 4 is 0 Å². The highest BCUT2D eigenvalue weighted by molar-refractivity contribution is 5.24. The van der Waals surface area contributed by atoms with Crippen LogP contribution < -0.4 is 5.73 Å². The van der Waals surface area contributed by atoms with Crippen LogP contribution in [0.4, 0.5) is 0 Å². The first-order valence-corrected chi connectivity index (χ1v) is 3.88. The van der Waals surface area contributed by atoms with Crippen LogP contribution in [0.3, 0.4) is 0 Å². The van der Waals surface area contributed by atoms with Gasteiger partial charge in [0.25, 0.3) is 0 Å². The first-order valence-electron chi connectivity index (χ1n) is 3.88. The Bertz CT molecular complexity index is 380. The van der Waals surface area contributed by atoms with Gasteiger partial charge in [0.2, 0.25) is 0 Å². The summed E-state index contributed by atoms with van der Waals surface area (Å²) in [6, 6.07) is 0. The largest absolute Gasteiger partial charge is 0.325 e. The van der Waals surface area contributed by atoms with Crippen LogP contribution in [0, 0.1) is 0 Å². The fraction of sp³-hybridized carbons (Fsp3) is 0.125. The first-order chi connectivity index (χ1) is 6.40. The molecule has 0 aliphatic rings. The maximum Gasteiger partial charge on any atom is 0.115 e. The quantitative estimate of drug-likeness (QED) is 0.703. The molecule has 2 aromatic rings. The minimum Gasteiger partial charge on any atom is -0.325 e. The molecule has 0 radical (unpaired) electrons. The fourth-order valence-corrected chi connectivity index (χ4v) is 1.03. The normalized spacial score (nSPS) is 10.2. The van der Waals surface area contributed by atoms with E-state index in [1.165, 1.54) is 6.33 Å². The second-order valence-corrected chi connectivity index (χ2v) is 2.57. The van der Waals surface area contributed by atoms with Gasteiger partial charge in [-0.25, -0.2) is 15.0 Å². The van der Waals surface area contributed by atoms with E-state index in [4.69, 9.17) is 5.73 Å². The highest BCUT2D eigenvalue weighted by Crippen LogP contribution is 2.04. The Morgan fingerprint density at radius 1 is 1.31 bits per heavy atom. The summed E-state index contributed by atoms with van der Waals surface area (Å²) in [5, 5.41) is 0. The van der Waals surface area contributed by atoms with Crippen molar-refractivity contribution in [1.29, 1.82) is 0 Å².